The van der Waals surface area contributed by atoms with Crippen molar-refractivity contribution in [3.8, 4) is 0 Å². The molecule has 3 aromatic heterocycles. The van der Waals surface area contributed by atoms with Gasteiger partial charge in [-0.05, 0) is 31.0 Å². The van der Waals surface area contributed by atoms with Crippen molar-refractivity contribution in [3.63, 3.8) is 0 Å². The molecule has 0 fully saturated rings. The Bertz CT molecular complexity index is 1000. The van der Waals surface area contributed by atoms with Crippen molar-refractivity contribution in [2.24, 2.45) is 0 Å². The topological polar surface area (TPSA) is 125 Å². The van der Waals surface area contributed by atoms with Gasteiger partial charge in [0.05, 0.1) is 22.9 Å². The molecule has 27 heavy (non-hydrogen) atoms. The molecule has 0 aliphatic carbocycles. The molecule has 0 saturated heterocycles. The van der Waals surface area contributed by atoms with E-state index < -0.39 is 24.4 Å². The molecule has 0 aromatic carbocycles. The number of rotatable bonds is 5. The Balaban J connectivity index is 1.73. The van der Waals surface area contributed by atoms with Crippen molar-refractivity contribution in [2.75, 3.05) is 6.61 Å². The first-order valence-corrected chi connectivity index (χ1v) is 8.18. The zero-order valence-electron chi connectivity index (χ0n) is 14.9. The summed E-state index contributed by atoms with van der Waals surface area (Å²) in [6, 6.07) is 4.51. The maximum Gasteiger partial charge on any atom is 0.339 e. The van der Waals surface area contributed by atoms with Crippen LogP contribution in [0.1, 0.15) is 52.1 Å². The smallest absolute Gasteiger partial charge is 0.339 e. The molecule has 1 N–H and O–H groups in total. The van der Waals surface area contributed by atoms with Crippen LogP contribution >= 0.6 is 0 Å². The number of nitrogens with one attached hydrogen (secondary N) is 1. The first-order chi connectivity index (χ1) is 12.9. The maximum atomic E-state index is 12.5. The fourth-order valence-corrected chi connectivity index (χ4v) is 2.41. The number of carbonyl (C=O) groups is 3. The minimum atomic E-state index is -0.777. The average molecular weight is 371 g/mol. The number of amides is 2. The molecule has 140 valence electrons. The van der Waals surface area contributed by atoms with Gasteiger partial charge in [-0.15, -0.1) is 0 Å². The number of hydrogen-bond acceptors (Lipinski definition) is 8. The SMILES string of the molecule is Cc1noc2nc(C(C)C)cc(C(=O)OCC(=O)NC(=O)c3ccco3)c12. The van der Waals surface area contributed by atoms with Crippen LogP contribution in [-0.2, 0) is 9.53 Å². The van der Waals surface area contributed by atoms with E-state index in [0.717, 1.165) is 0 Å². The van der Waals surface area contributed by atoms with Gasteiger partial charge < -0.3 is 13.7 Å². The lowest BCUT2D eigenvalue weighted by Gasteiger charge is -2.09. The first kappa shape index (κ1) is 18.3. The second-order valence-electron chi connectivity index (χ2n) is 6.13. The minimum Gasteiger partial charge on any atom is -0.459 e. The summed E-state index contributed by atoms with van der Waals surface area (Å²) in [6.07, 6.45) is 1.31. The Morgan fingerprint density at radius 1 is 1.30 bits per heavy atom. The molecule has 0 atom stereocenters. The van der Waals surface area contributed by atoms with E-state index in [-0.39, 0.29) is 23.0 Å². The molecule has 0 radical (unpaired) electrons. The highest BCUT2D eigenvalue weighted by Gasteiger charge is 2.22. The number of fused-ring (bicyclic) bond motifs is 1. The predicted octanol–water partition coefficient (Wildman–Crippen LogP) is 2.36. The third-order valence-electron chi connectivity index (χ3n) is 3.78. The summed E-state index contributed by atoms with van der Waals surface area (Å²) >= 11 is 0. The molecule has 0 spiro atoms. The van der Waals surface area contributed by atoms with Gasteiger partial charge in [-0.3, -0.25) is 14.9 Å². The molecule has 0 bridgehead atoms. The number of carbonyl (C=O) groups excluding carboxylic acids is 3. The van der Waals surface area contributed by atoms with Crippen LogP contribution in [0.5, 0.6) is 0 Å². The summed E-state index contributed by atoms with van der Waals surface area (Å²) in [7, 11) is 0. The lowest BCUT2D eigenvalue weighted by molar-refractivity contribution is -0.123. The molecule has 3 heterocycles. The number of furan rings is 1. The van der Waals surface area contributed by atoms with Crippen LogP contribution in [0, 0.1) is 6.92 Å². The number of aromatic nitrogens is 2. The summed E-state index contributed by atoms with van der Waals surface area (Å²) in [4.78, 5) is 40.4. The quantitative estimate of drug-likeness (QED) is 0.678. The number of pyridine rings is 1. The molecular formula is C18H17N3O6. The molecular weight excluding hydrogens is 354 g/mol. The van der Waals surface area contributed by atoms with E-state index in [4.69, 9.17) is 13.7 Å². The molecule has 0 aliphatic rings. The second kappa shape index (κ2) is 7.40. The highest BCUT2D eigenvalue weighted by Crippen LogP contribution is 2.25. The molecule has 9 nitrogen and oxygen atoms in total. The standard InChI is InChI=1S/C18H17N3O6/c1-9(2)12-7-11(15-10(3)21-27-17(15)19-12)18(24)26-8-14(22)20-16(23)13-5-4-6-25-13/h4-7,9H,8H2,1-3H3,(H,20,22,23). The molecule has 0 unspecified atom stereocenters. The second-order valence-corrected chi connectivity index (χ2v) is 6.13. The van der Waals surface area contributed by atoms with E-state index in [0.29, 0.717) is 16.8 Å². The number of esters is 1. The lowest BCUT2D eigenvalue weighted by atomic mass is 10.0. The van der Waals surface area contributed by atoms with E-state index in [2.05, 4.69) is 15.5 Å². The lowest BCUT2D eigenvalue weighted by Crippen LogP contribution is -2.34. The van der Waals surface area contributed by atoms with Crippen molar-refractivity contribution >= 4 is 28.9 Å². The van der Waals surface area contributed by atoms with E-state index in [1.807, 2.05) is 13.8 Å². The van der Waals surface area contributed by atoms with Crippen LogP contribution in [0.15, 0.2) is 33.4 Å². The first-order valence-electron chi connectivity index (χ1n) is 8.18. The normalized spacial score (nSPS) is 11.0. The van der Waals surface area contributed by atoms with Crippen LogP contribution in [0.3, 0.4) is 0 Å². The molecule has 9 heteroatoms. The van der Waals surface area contributed by atoms with Crippen LogP contribution in [-0.4, -0.2) is 34.5 Å². The van der Waals surface area contributed by atoms with Gasteiger partial charge in [0.15, 0.2) is 12.4 Å². The molecule has 0 saturated carbocycles. The maximum absolute atomic E-state index is 12.5. The van der Waals surface area contributed by atoms with Crippen molar-refractivity contribution in [2.45, 2.75) is 26.7 Å². The average Bonchev–Trinajstić information content (AvgIpc) is 3.29. The zero-order chi connectivity index (χ0) is 19.6. The van der Waals surface area contributed by atoms with E-state index >= 15 is 0 Å². The summed E-state index contributed by atoms with van der Waals surface area (Å²) in [6.45, 7) is 4.88. The number of hydrogen-bond donors (Lipinski definition) is 1. The number of imide groups is 1. The van der Waals surface area contributed by atoms with Crippen LogP contribution < -0.4 is 5.32 Å². The zero-order valence-corrected chi connectivity index (χ0v) is 14.9. The van der Waals surface area contributed by atoms with Crippen molar-refractivity contribution in [1.29, 1.82) is 0 Å². The van der Waals surface area contributed by atoms with E-state index in [9.17, 15) is 14.4 Å². The van der Waals surface area contributed by atoms with Crippen molar-refractivity contribution < 1.29 is 28.1 Å². The Labute approximate surface area is 153 Å². The van der Waals surface area contributed by atoms with Gasteiger partial charge in [0, 0.05) is 5.69 Å². The minimum absolute atomic E-state index is 0.0211. The van der Waals surface area contributed by atoms with Gasteiger partial charge in [0.1, 0.15) is 0 Å². The monoisotopic (exact) mass is 371 g/mol. The highest BCUT2D eigenvalue weighted by atomic mass is 16.5. The third-order valence-corrected chi connectivity index (χ3v) is 3.78. The van der Waals surface area contributed by atoms with Crippen molar-refractivity contribution in [3.05, 3.63) is 47.2 Å². The van der Waals surface area contributed by atoms with Gasteiger partial charge in [-0.1, -0.05) is 19.0 Å². The van der Waals surface area contributed by atoms with Gasteiger partial charge in [0.2, 0.25) is 0 Å². The molecule has 3 rings (SSSR count). The third kappa shape index (κ3) is 3.86. The summed E-state index contributed by atoms with van der Waals surface area (Å²) < 4.78 is 15.1. The van der Waals surface area contributed by atoms with Gasteiger partial charge in [0.25, 0.3) is 17.5 Å². The van der Waals surface area contributed by atoms with Crippen molar-refractivity contribution in [1.82, 2.24) is 15.5 Å². The summed E-state index contributed by atoms with van der Waals surface area (Å²) in [5.41, 5.74) is 1.54. The fourth-order valence-electron chi connectivity index (χ4n) is 2.41. The Hall–Kier alpha value is -3.49. The van der Waals surface area contributed by atoms with Crippen LogP contribution in [0.25, 0.3) is 11.1 Å². The largest absolute Gasteiger partial charge is 0.459 e. The van der Waals surface area contributed by atoms with Crippen LogP contribution in [0.4, 0.5) is 0 Å². The van der Waals surface area contributed by atoms with E-state index in [1.54, 1.807) is 13.0 Å². The Morgan fingerprint density at radius 3 is 2.74 bits per heavy atom. The fraction of sp³-hybridized carbons (Fsp3) is 0.278. The molecule has 2 amide bonds. The summed E-state index contributed by atoms with van der Waals surface area (Å²) in [5, 5.41) is 6.32. The number of nitrogens with zero attached hydrogens (tertiary/aromatic N) is 2. The van der Waals surface area contributed by atoms with Gasteiger partial charge in [-0.25, -0.2) is 9.78 Å². The predicted molar refractivity (Wildman–Crippen MR) is 92.1 cm³/mol. The molecule has 3 aromatic rings. The van der Waals surface area contributed by atoms with Crippen LogP contribution in [0.2, 0.25) is 0 Å². The number of aryl methyl sites for hydroxylation is 1. The van der Waals surface area contributed by atoms with Gasteiger partial charge in [-0.2, -0.15) is 0 Å². The van der Waals surface area contributed by atoms with Gasteiger partial charge >= 0.3 is 5.97 Å². The summed E-state index contributed by atoms with van der Waals surface area (Å²) in [5.74, 6) is -2.21. The molecule has 0 aliphatic heterocycles. The van der Waals surface area contributed by atoms with E-state index in [1.165, 1.54) is 18.4 Å². The highest BCUT2D eigenvalue weighted by molar-refractivity contribution is 6.06. The number of ether oxygens (including phenoxy) is 1. The Kier molecular flexibility index (Phi) is 5.02. The Morgan fingerprint density at radius 2 is 2.07 bits per heavy atom.